The van der Waals surface area contributed by atoms with Crippen molar-refractivity contribution in [3.8, 4) is 0 Å². The average Bonchev–Trinajstić information content (AvgIpc) is 2.34. The van der Waals surface area contributed by atoms with Crippen LogP contribution in [0.1, 0.15) is 37.0 Å². The number of primary amides is 1. The predicted molar refractivity (Wildman–Crippen MR) is 83.7 cm³/mol. The van der Waals surface area contributed by atoms with Crippen molar-refractivity contribution >= 4 is 29.2 Å². The van der Waals surface area contributed by atoms with Gasteiger partial charge in [0.15, 0.2) is 0 Å². The number of aliphatic carboxylic acids is 1. The second-order valence-electron chi connectivity index (χ2n) is 5.53. The SMILES string of the molecule is CC(C)CC(CNc1cc(Cl)ccc1C(N)=O)CC(=O)O. The molecule has 1 atom stereocenters. The summed E-state index contributed by atoms with van der Waals surface area (Å²) in [5.74, 6) is -1.01. The van der Waals surface area contributed by atoms with Crippen LogP contribution < -0.4 is 11.1 Å². The van der Waals surface area contributed by atoms with Gasteiger partial charge in [-0.15, -0.1) is 0 Å². The Morgan fingerprint density at radius 1 is 1.38 bits per heavy atom. The Labute approximate surface area is 129 Å². The number of nitrogens with two attached hydrogens (primary N) is 1. The van der Waals surface area contributed by atoms with Gasteiger partial charge in [0.1, 0.15) is 0 Å². The van der Waals surface area contributed by atoms with Crippen LogP contribution in [0.4, 0.5) is 5.69 Å². The molecule has 21 heavy (non-hydrogen) atoms. The number of amides is 1. The van der Waals surface area contributed by atoms with Crippen LogP contribution in [0.2, 0.25) is 5.02 Å². The van der Waals surface area contributed by atoms with E-state index in [9.17, 15) is 9.59 Å². The highest BCUT2D eigenvalue weighted by Gasteiger charge is 2.16. The minimum absolute atomic E-state index is 0.0257. The van der Waals surface area contributed by atoms with Crippen LogP contribution in [0.25, 0.3) is 0 Å². The maximum Gasteiger partial charge on any atom is 0.303 e. The fourth-order valence-corrected chi connectivity index (χ4v) is 2.46. The molecule has 1 unspecified atom stereocenters. The molecule has 0 aliphatic carbocycles. The number of benzene rings is 1. The lowest BCUT2D eigenvalue weighted by molar-refractivity contribution is -0.138. The van der Waals surface area contributed by atoms with Crippen LogP contribution in [0.3, 0.4) is 0 Å². The molecule has 0 aliphatic rings. The van der Waals surface area contributed by atoms with Gasteiger partial charge >= 0.3 is 5.97 Å². The second kappa shape index (κ2) is 7.88. The molecule has 0 heterocycles. The van der Waals surface area contributed by atoms with Gasteiger partial charge in [0.2, 0.25) is 0 Å². The van der Waals surface area contributed by atoms with Gasteiger partial charge in [-0.2, -0.15) is 0 Å². The summed E-state index contributed by atoms with van der Waals surface area (Å²) in [5, 5.41) is 12.5. The van der Waals surface area contributed by atoms with Gasteiger partial charge < -0.3 is 16.2 Å². The smallest absolute Gasteiger partial charge is 0.303 e. The topological polar surface area (TPSA) is 92.4 Å². The van der Waals surface area contributed by atoms with Crippen LogP contribution in [0.5, 0.6) is 0 Å². The number of carbonyl (C=O) groups excluding carboxylic acids is 1. The Bertz CT molecular complexity index is 518. The van der Waals surface area contributed by atoms with Gasteiger partial charge in [-0.1, -0.05) is 25.4 Å². The molecule has 0 aromatic heterocycles. The summed E-state index contributed by atoms with van der Waals surface area (Å²) >= 11 is 5.92. The summed E-state index contributed by atoms with van der Waals surface area (Å²) in [6, 6.07) is 4.77. The van der Waals surface area contributed by atoms with Crippen molar-refractivity contribution < 1.29 is 14.7 Å². The Morgan fingerprint density at radius 2 is 2.05 bits per heavy atom. The van der Waals surface area contributed by atoms with Gasteiger partial charge in [-0.05, 0) is 36.5 Å². The third-order valence-electron chi connectivity index (χ3n) is 3.10. The molecular weight excluding hydrogens is 292 g/mol. The second-order valence-corrected chi connectivity index (χ2v) is 5.96. The molecule has 0 spiro atoms. The molecule has 4 N–H and O–H groups in total. The molecule has 1 amide bonds. The predicted octanol–water partition coefficient (Wildman–Crippen LogP) is 2.99. The van der Waals surface area contributed by atoms with Crippen LogP contribution in [-0.2, 0) is 4.79 Å². The van der Waals surface area contributed by atoms with E-state index >= 15 is 0 Å². The van der Waals surface area contributed by atoms with E-state index in [1.165, 1.54) is 0 Å². The first-order valence-electron chi connectivity index (χ1n) is 6.84. The molecule has 6 heteroatoms. The number of hydrogen-bond donors (Lipinski definition) is 3. The Hall–Kier alpha value is -1.75. The molecule has 1 aromatic carbocycles. The fourth-order valence-electron chi connectivity index (χ4n) is 2.28. The summed E-state index contributed by atoms with van der Waals surface area (Å²) in [4.78, 5) is 22.3. The maximum absolute atomic E-state index is 11.4. The fraction of sp³-hybridized carbons (Fsp3) is 0.467. The summed E-state index contributed by atoms with van der Waals surface area (Å²) in [5.41, 5.74) is 6.20. The quantitative estimate of drug-likeness (QED) is 0.688. The molecular formula is C15H21ClN2O3. The molecule has 1 aromatic rings. The van der Waals surface area contributed by atoms with Crippen molar-refractivity contribution in [3.63, 3.8) is 0 Å². The van der Waals surface area contributed by atoms with E-state index in [-0.39, 0.29) is 12.3 Å². The molecule has 0 bridgehead atoms. The highest BCUT2D eigenvalue weighted by atomic mass is 35.5. The van der Waals surface area contributed by atoms with Crippen LogP contribution in [-0.4, -0.2) is 23.5 Å². The molecule has 116 valence electrons. The Kier molecular flexibility index (Phi) is 6.49. The number of hydrogen-bond acceptors (Lipinski definition) is 3. The lowest BCUT2D eigenvalue weighted by atomic mass is 9.94. The van der Waals surface area contributed by atoms with Crippen molar-refractivity contribution in [2.45, 2.75) is 26.7 Å². The maximum atomic E-state index is 11.4. The largest absolute Gasteiger partial charge is 0.481 e. The first-order chi connectivity index (χ1) is 9.79. The van der Waals surface area contributed by atoms with Crippen LogP contribution in [0.15, 0.2) is 18.2 Å². The van der Waals surface area contributed by atoms with Crippen molar-refractivity contribution in [1.29, 1.82) is 0 Å². The molecule has 0 radical (unpaired) electrons. The van der Waals surface area contributed by atoms with Gasteiger partial charge in [0.25, 0.3) is 5.91 Å². The minimum atomic E-state index is -0.830. The zero-order valence-corrected chi connectivity index (χ0v) is 13.0. The molecule has 5 nitrogen and oxygen atoms in total. The lowest BCUT2D eigenvalue weighted by Gasteiger charge is -2.19. The highest BCUT2D eigenvalue weighted by Crippen LogP contribution is 2.23. The monoisotopic (exact) mass is 312 g/mol. The molecule has 0 saturated heterocycles. The standard InChI is InChI=1S/C15H21ClN2O3/c1-9(2)5-10(6-14(19)20)8-18-13-7-11(16)3-4-12(13)15(17)21/h3-4,7,9-10,18H,5-6,8H2,1-2H3,(H2,17,21)(H,19,20). The van der Waals surface area contributed by atoms with Gasteiger partial charge in [-0.3, -0.25) is 9.59 Å². The van der Waals surface area contributed by atoms with Crippen molar-refractivity contribution in [2.24, 2.45) is 17.6 Å². The zero-order valence-electron chi connectivity index (χ0n) is 12.2. The van der Waals surface area contributed by atoms with E-state index < -0.39 is 11.9 Å². The van der Waals surface area contributed by atoms with Gasteiger partial charge in [0, 0.05) is 23.7 Å². The number of rotatable bonds is 8. The van der Waals surface area contributed by atoms with E-state index in [4.69, 9.17) is 22.4 Å². The highest BCUT2D eigenvalue weighted by molar-refractivity contribution is 6.31. The van der Waals surface area contributed by atoms with Crippen LogP contribution >= 0.6 is 11.6 Å². The van der Waals surface area contributed by atoms with Crippen LogP contribution in [0, 0.1) is 11.8 Å². The first-order valence-corrected chi connectivity index (χ1v) is 7.22. The van der Waals surface area contributed by atoms with Crippen molar-refractivity contribution in [1.82, 2.24) is 0 Å². The first kappa shape index (κ1) is 17.3. The normalized spacial score (nSPS) is 12.2. The van der Waals surface area contributed by atoms with Crippen molar-refractivity contribution in [3.05, 3.63) is 28.8 Å². The summed E-state index contributed by atoms with van der Waals surface area (Å²) in [6.45, 7) is 4.54. The van der Waals surface area contributed by atoms with E-state index in [2.05, 4.69) is 5.32 Å². The summed E-state index contributed by atoms with van der Waals surface area (Å²) in [7, 11) is 0. The molecule has 0 saturated carbocycles. The van der Waals surface area contributed by atoms with Crippen molar-refractivity contribution in [2.75, 3.05) is 11.9 Å². The van der Waals surface area contributed by atoms with E-state index in [0.29, 0.717) is 28.7 Å². The molecule has 0 fully saturated rings. The number of anilines is 1. The Morgan fingerprint density at radius 3 is 2.57 bits per heavy atom. The zero-order chi connectivity index (χ0) is 16.0. The number of nitrogens with one attached hydrogen (secondary N) is 1. The molecule has 0 aliphatic heterocycles. The van der Waals surface area contributed by atoms with Gasteiger partial charge in [0.05, 0.1) is 5.56 Å². The number of halogens is 1. The van der Waals surface area contributed by atoms with E-state index in [1.807, 2.05) is 13.8 Å². The lowest BCUT2D eigenvalue weighted by Crippen LogP contribution is -2.21. The van der Waals surface area contributed by atoms with Gasteiger partial charge in [-0.25, -0.2) is 0 Å². The van der Waals surface area contributed by atoms with E-state index in [1.54, 1.807) is 18.2 Å². The Balaban J connectivity index is 2.81. The molecule has 1 rings (SSSR count). The third-order valence-corrected chi connectivity index (χ3v) is 3.33. The van der Waals surface area contributed by atoms with E-state index in [0.717, 1.165) is 6.42 Å². The number of carboxylic acids is 1. The summed E-state index contributed by atoms with van der Waals surface area (Å²) in [6.07, 6.45) is 0.865. The average molecular weight is 313 g/mol. The minimum Gasteiger partial charge on any atom is -0.481 e. The summed E-state index contributed by atoms with van der Waals surface area (Å²) < 4.78 is 0. The number of carboxylic acid groups (broad SMARTS) is 1. The third kappa shape index (κ3) is 6.04. The number of carbonyl (C=O) groups is 2.